The number of alkyl carbamates (subject to hydrolysis) is 1. The second-order valence-corrected chi connectivity index (χ2v) is 9.00. The summed E-state index contributed by atoms with van der Waals surface area (Å²) in [6.45, 7) is 7.56. The Morgan fingerprint density at radius 2 is 1.19 bits per heavy atom. The predicted molar refractivity (Wildman–Crippen MR) is 133 cm³/mol. The minimum atomic E-state index is -0.999. The summed E-state index contributed by atoms with van der Waals surface area (Å²) in [5.41, 5.74) is 0. The lowest BCUT2D eigenvalue weighted by Crippen LogP contribution is -2.44. The molecule has 0 saturated carbocycles. The van der Waals surface area contributed by atoms with E-state index in [0.29, 0.717) is 19.5 Å². The van der Waals surface area contributed by atoms with Gasteiger partial charge in [0.25, 0.3) is 0 Å². The zero-order chi connectivity index (χ0) is 23.9. The van der Waals surface area contributed by atoms with Gasteiger partial charge < -0.3 is 15.2 Å². The van der Waals surface area contributed by atoms with Gasteiger partial charge in [-0.25, -0.2) is 9.59 Å². The second-order valence-electron chi connectivity index (χ2n) is 9.00. The fraction of sp³-hybridized carbons (Fsp3) is 0.923. The summed E-state index contributed by atoms with van der Waals surface area (Å²) < 4.78 is 5.62. The first-order valence-electron chi connectivity index (χ1n) is 13.5. The Balaban J connectivity index is 4.55. The van der Waals surface area contributed by atoms with Crippen LogP contribution >= 0.6 is 0 Å². The molecule has 0 aromatic carbocycles. The Bertz CT molecular complexity index is 446. The zero-order valence-electron chi connectivity index (χ0n) is 21.3. The van der Waals surface area contributed by atoms with Crippen molar-refractivity contribution < 1.29 is 19.4 Å². The highest BCUT2D eigenvalue weighted by Gasteiger charge is 2.26. The van der Waals surface area contributed by atoms with Gasteiger partial charge in [-0.2, -0.15) is 0 Å². The van der Waals surface area contributed by atoms with E-state index in [1.54, 1.807) is 0 Å². The van der Waals surface area contributed by atoms with Crippen molar-refractivity contribution in [2.75, 3.05) is 13.1 Å². The molecular weight excluding hydrogens is 404 g/mol. The molecule has 0 aliphatic rings. The normalized spacial score (nSPS) is 11.8. The van der Waals surface area contributed by atoms with E-state index < -0.39 is 18.4 Å². The minimum absolute atomic E-state index is 0.422. The molecule has 0 aliphatic heterocycles. The molecule has 0 fully saturated rings. The van der Waals surface area contributed by atoms with Gasteiger partial charge in [0.1, 0.15) is 0 Å². The minimum Gasteiger partial charge on any atom is -0.465 e. The number of amides is 2. The lowest BCUT2D eigenvalue weighted by molar-refractivity contribution is -0.0110. The van der Waals surface area contributed by atoms with Crippen molar-refractivity contribution in [2.45, 2.75) is 143 Å². The average molecular weight is 457 g/mol. The summed E-state index contributed by atoms with van der Waals surface area (Å²) in [6, 6.07) is 0. The highest BCUT2D eigenvalue weighted by atomic mass is 16.6. The molecule has 0 saturated heterocycles. The number of unbranched alkanes of at least 4 members (excludes halogenated alkanes) is 14. The molecule has 1 unspecified atom stereocenters. The van der Waals surface area contributed by atoms with Crippen LogP contribution in [0.25, 0.3) is 0 Å². The van der Waals surface area contributed by atoms with Gasteiger partial charge in [0.2, 0.25) is 0 Å². The second kappa shape index (κ2) is 22.7. The highest BCUT2D eigenvalue weighted by Crippen LogP contribution is 2.16. The topological polar surface area (TPSA) is 78.9 Å². The molecule has 32 heavy (non-hydrogen) atoms. The maximum atomic E-state index is 12.3. The largest absolute Gasteiger partial charge is 0.465 e. The van der Waals surface area contributed by atoms with Gasteiger partial charge in [-0.15, -0.1) is 0 Å². The van der Waals surface area contributed by atoms with Gasteiger partial charge in [-0.05, 0) is 19.3 Å². The van der Waals surface area contributed by atoms with E-state index >= 15 is 0 Å². The molecule has 0 rings (SSSR count). The summed E-state index contributed by atoms with van der Waals surface area (Å²) in [5.74, 6) is 0. The first-order chi connectivity index (χ1) is 15.6. The van der Waals surface area contributed by atoms with Crippen LogP contribution < -0.4 is 5.32 Å². The number of ether oxygens (including phenoxy) is 1. The summed E-state index contributed by atoms with van der Waals surface area (Å²) >= 11 is 0. The van der Waals surface area contributed by atoms with E-state index in [9.17, 15) is 14.7 Å². The molecule has 6 nitrogen and oxygen atoms in total. The van der Waals surface area contributed by atoms with Crippen molar-refractivity contribution in [1.29, 1.82) is 0 Å². The molecule has 0 bridgehead atoms. The van der Waals surface area contributed by atoms with Crippen molar-refractivity contribution in [3.05, 3.63) is 0 Å². The Morgan fingerprint density at radius 3 is 1.72 bits per heavy atom. The van der Waals surface area contributed by atoms with Crippen LogP contribution in [0.1, 0.15) is 136 Å². The van der Waals surface area contributed by atoms with Crippen molar-refractivity contribution in [1.82, 2.24) is 10.2 Å². The zero-order valence-corrected chi connectivity index (χ0v) is 21.3. The summed E-state index contributed by atoms with van der Waals surface area (Å²) in [7, 11) is 0. The third-order valence-electron chi connectivity index (χ3n) is 5.94. The van der Waals surface area contributed by atoms with Crippen LogP contribution in [-0.2, 0) is 4.74 Å². The number of nitrogens with zero attached hydrogens (tertiary/aromatic N) is 1. The Kier molecular flexibility index (Phi) is 21.7. The van der Waals surface area contributed by atoms with Crippen molar-refractivity contribution >= 4 is 12.2 Å². The molecule has 2 amide bonds. The smallest absolute Gasteiger partial charge is 0.410 e. The van der Waals surface area contributed by atoms with Crippen LogP contribution in [-0.4, -0.2) is 41.5 Å². The van der Waals surface area contributed by atoms with Gasteiger partial charge in [0.15, 0.2) is 6.23 Å². The molecule has 0 spiro atoms. The van der Waals surface area contributed by atoms with Crippen LogP contribution in [0.3, 0.4) is 0 Å². The Hall–Kier alpha value is -1.46. The van der Waals surface area contributed by atoms with Crippen molar-refractivity contribution in [2.24, 2.45) is 0 Å². The van der Waals surface area contributed by atoms with Gasteiger partial charge in [0.05, 0.1) is 0 Å². The van der Waals surface area contributed by atoms with E-state index in [0.717, 1.165) is 51.4 Å². The van der Waals surface area contributed by atoms with E-state index in [4.69, 9.17) is 4.74 Å². The molecule has 2 N–H and O–H groups in total. The number of rotatable bonds is 22. The lowest BCUT2D eigenvalue weighted by atomic mass is 10.1. The van der Waals surface area contributed by atoms with Crippen LogP contribution in [0.15, 0.2) is 0 Å². The third kappa shape index (κ3) is 18.1. The van der Waals surface area contributed by atoms with Crippen molar-refractivity contribution in [3.63, 3.8) is 0 Å². The fourth-order valence-corrected chi connectivity index (χ4v) is 3.89. The molecule has 0 heterocycles. The summed E-state index contributed by atoms with van der Waals surface area (Å²) in [4.78, 5) is 25.6. The maximum Gasteiger partial charge on any atom is 0.410 e. The number of carbonyl (C=O) groups is 2. The van der Waals surface area contributed by atoms with Gasteiger partial charge in [-0.3, -0.25) is 4.90 Å². The van der Waals surface area contributed by atoms with Crippen LogP contribution in [0.4, 0.5) is 9.59 Å². The van der Waals surface area contributed by atoms with Crippen LogP contribution in [0.2, 0.25) is 0 Å². The molecule has 0 aliphatic carbocycles. The maximum absolute atomic E-state index is 12.3. The summed E-state index contributed by atoms with van der Waals surface area (Å²) in [5, 5.41) is 12.6. The highest BCUT2D eigenvalue weighted by molar-refractivity contribution is 5.69. The molecule has 0 radical (unpaired) electrons. The molecular formula is C26H52N2O4. The average Bonchev–Trinajstić information content (AvgIpc) is 2.77. The van der Waals surface area contributed by atoms with E-state index in [1.807, 2.05) is 0 Å². The summed E-state index contributed by atoms with van der Waals surface area (Å²) in [6.07, 6.45) is 17.3. The lowest BCUT2D eigenvalue weighted by Gasteiger charge is -2.29. The fourth-order valence-electron chi connectivity index (χ4n) is 3.89. The third-order valence-corrected chi connectivity index (χ3v) is 5.94. The monoisotopic (exact) mass is 456 g/mol. The number of carbonyl (C=O) groups excluding carboxylic acids is 1. The first-order valence-corrected chi connectivity index (χ1v) is 13.5. The number of hydrogen-bond donors (Lipinski definition) is 2. The standard InChI is InChI=1S/C26H52N2O4/c1-4-7-10-13-16-19-22-27-25(29)32-24(21-18-15-12-9-6-3)28(26(30)31)23-20-17-14-11-8-5-2/h24H,4-23H2,1-3H3,(H,27,29)(H,30,31). The molecule has 1 atom stereocenters. The van der Waals surface area contributed by atoms with E-state index in [2.05, 4.69) is 26.1 Å². The quantitative estimate of drug-likeness (QED) is 0.127. The number of carboxylic acid groups (broad SMARTS) is 1. The van der Waals surface area contributed by atoms with E-state index in [1.165, 1.54) is 62.7 Å². The Labute approximate surface area is 197 Å². The molecule has 6 heteroatoms. The SMILES string of the molecule is CCCCCCCCNC(=O)OC(CCCCCCC)N(CCCCCCCC)C(=O)O. The number of hydrogen-bond acceptors (Lipinski definition) is 3. The van der Waals surface area contributed by atoms with Gasteiger partial charge in [0, 0.05) is 19.5 Å². The molecule has 0 aromatic heterocycles. The van der Waals surface area contributed by atoms with Gasteiger partial charge >= 0.3 is 12.2 Å². The van der Waals surface area contributed by atoms with Crippen LogP contribution in [0, 0.1) is 0 Å². The molecule has 190 valence electrons. The van der Waals surface area contributed by atoms with Crippen LogP contribution in [0.5, 0.6) is 0 Å². The van der Waals surface area contributed by atoms with Gasteiger partial charge in [-0.1, -0.05) is 111 Å². The number of nitrogens with one attached hydrogen (secondary N) is 1. The molecule has 0 aromatic rings. The van der Waals surface area contributed by atoms with Crippen molar-refractivity contribution in [3.8, 4) is 0 Å². The predicted octanol–water partition coefficient (Wildman–Crippen LogP) is 8.10. The Morgan fingerprint density at radius 1 is 0.719 bits per heavy atom. The van der Waals surface area contributed by atoms with E-state index in [-0.39, 0.29) is 0 Å². The first kappa shape index (κ1) is 30.5.